The fraction of sp³-hybridized carbons (Fsp3) is 0.263. The summed E-state index contributed by atoms with van der Waals surface area (Å²) in [5.74, 6) is 0. The van der Waals surface area contributed by atoms with Gasteiger partial charge in [-0.25, -0.2) is 0 Å². The van der Waals surface area contributed by atoms with E-state index < -0.39 is 0 Å². The van der Waals surface area contributed by atoms with Crippen molar-refractivity contribution < 1.29 is 0 Å². The third-order valence-electron chi connectivity index (χ3n) is 4.42. The highest BCUT2D eigenvalue weighted by molar-refractivity contribution is 5.76. The summed E-state index contributed by atoms with van der Waals surface area (Å²) in [5, 5.41) is 12.4. The summed E-state index contributed by atoms with van der Waals surface area (Å²) >= 11 is 0. The molecule has 6 heteroatoms. The molecule has 25 heavy (non-hydrogen) atoms. The summed E-state index contributed by atoms with van der Waals surface area (Å²) in [6.07, 6.45) is 3.56. The summed E-state index contributed by atoms with van der Waals surface area (Å²) in [5.41, 5.74) is 4.31. The first kappa shape index (κ1) is 15.7. The van der Waals surface area contributed by atoms with Crippen LogP contribution in [-0.4, -0.2) is 45.8 Å². The van der Waals surface area contributed by atoms with Gasteiger partial charge in [-0.15, -0.1) is 10.2 Å². The average Bonchev–Trinajstić information content (AvgIpc) is 2.69. The van der Waals surface area contributed by atoms with Gasteiger partial charge in [0, 0.05) is 38.1 Å². The van der Waals surface area contributed by atoms with E-state index in [1.54, 1.807) is 12.4 Å². The van der Waals surface area contributed by atoms with Crippen molar-refractivity contribution in [2.45, 2.75) is 13.0 Å². The molecule has 1 atom stereocenters. The molecule has 1 aliphatic rings. The molecule has 0 amide bonds. The monoisotopic (exact) mass is 332 g/mol. The number of hydrogen-bond donors (Lipinski definition) is 1. The van der Waals surface area contributed by atoms with E-state index in [0.717, 1.165) is 48.1 Å². The Labute approximate surface area is 147 Å². The van der Waals surface area contributed by atoms with Crippen molar-refractivity contribution >= 4 is 5.69 Å². The first-order valence-electron chi connectivity index (χ1n) is 8.51. The summed E-state index contributed by atoms with van der Waals surface area (Å²) in [4.78, 5) is 11.3. The fourth-order valence-corrected chi connectivity index (χ4v) is 3.12. The maximum absolute atomic E-state index is 4.52. The summed E-state index contributed by atoms with van der Waals surface area (Å²) in [7, 11) is 0. The Balaban J connectivity index is 1.84. The molecule has 0 bridgehead atoms. The number of rotatable bonds is 3. The number of aromatic nitrogens is 4. The second kappa shape index (κ2) is 6.94. The predicted molar refractivity (Wildman–Crippen MR) is 98.2 cm³/mol. The second-order valence-electron chi connectivity index (χ2n) is 6.14. The molecule has 4 heterocycles. The van der Waals surface area contributed by atoms with Crippen LogP contribution in [0, 0.1) is 0 Å². The molecule has 0 aromatic carbocycles. The van der Waals surface area contributed by atoms with E-state index in [4.69, 9.17) is 0 Å². The SMILES string of the molecule is CC1CNCCN1c1cc(-c2ccccn2)nnc1-c1ccccn1. The van der Waals surface area contributed by atoms with Gasteiger partial charge in [0.1, 0.15) is 11.4 Å². The number of pyridine rings is 2. The van der Waals surface area contributed by atoms with Crippen LogP contribution in [0.25, 0.3) is 22.8 Å². The average molecular weight is 332 g/mol. The summed E-state index contributed by atoms with van der Waals surface area (Å²) < 4.78 is 0. The number of piperazine rings is 1. The maximum atomic E-state index is 4.52. The van der Waals surface area contributed by atoms with Crippen molar-refractivity contribution in [3.63, 3.8) is 0 Å². The van der Waals surface area contributed by atoms with E-state index in [1.807, 2.05) is 36.4 Å². The van der Waals surface area contributed by atoms with E-state index in [9.17, 15) is 0 Å². The Kier molecular flexibility index (Phi) is 4.35. The van der Waals surface area contributed by atoms with Crippen molar-refractivity contribution in [1.29, 1.82) is 0 Å². The van der Waals surface area contributed by atoms with Crippen LogP contribution in [0.5, 0.6) is 0 Å². The van der Waals surface area contributed by atoms with Gasteiger partial charge in [0.25, 0.3) is 0 Å². The molecule has 1 saturated heterocycles. The van der Waals surface area contributed by atoms with Crippen LogP contribution < -0.4 is 10.2 Å². The Hall–Kier alpha value is -2.86. The van der Waals surface area contributed by atoms with Gasteiger partial charge in [0.2, 0.25) is 0 Å². The maximum Gasteiger partial charge on any atom is 0.135 e. The minimum Gasteiger partial charge on any atom is -0.364 e. The van der Waals surface area contributed by atoms with Crippen molar-refractivity contribution in [1.82, 2.24) is 25.5 Å². The van der Waals surface area contributed by atoms with Crippen molar-refractivity contribution in [3.05, 3.63) is 54.9 Å². The van der Waals surface area contributed by atoms with E-state index >= 15 is 0 Å². The summed E-state index contributed by atoms with van der Waals surface area (Å²) in [6, 6.07) is 14.1. The van der Waals surface area contributed by atoms with E-state index in [-0.39, 0.29) is 0 Å². The molecule has 6 nitrogen and oxygen atoms in total. The van der Waals surface area contributed by atoms with Gasteiger partial charge in [0.05, 0.1) is 17.1 Å². The molecule has 1 unspecified atom stereocenters. The van der Waals surface area contributed by atoms with E-state index in [1.165, 1.54) is 0 Å². The second-order valence-corrected chi connectivity index (χ2v) is 6.14. The zero-order chi connectivity index (χ0) is 17.1. The number of hydrogen-bond acceptors (Lipinski definition) is 6. The molecule has 4 rings (SSSR count). The number of anilines is 1. The molecule has 0 spiro atoms. The van der Waals surface area contributed by atoms with Gasteiger partial charge in [-0.2, -0.15) is 0 Å². The highest BCUT2D eigenvalue weighted by atomic mass is 15.2. The van der Waals surface area contributed by atoms with Gasteiger partial charge < -0.3 is 10.2 Å². The predicted octanol–water partition coefficient (Wildman–Crippen LogP) is 2.40. The first-order valence-corrected chi connectivity index (χ1v) is 8.51. The molecule has 0 saturated carbocycles. The number of nitrogens with zero attached hydrogens (tertiary/aromatic N) is 5. The molecule has 3 aromatic heterocycles. The molecule has 0 radical (unpaired) electrons. The molecule has 3 aromatic rings. The van der Waals surface area contributed by atoms with Gasteiger partial charge in [-0.3, -0.25) is 9.97 Å². The molecule has 1 aliphatic heterocycles. The topological polar surface area (TPSA) is 66.8 Å². The minimum absolute atomic E-state index is 0.372. The van der Waals surface area contributed by atoms with Crippen molar-refractivity contribution in [3.8, 4) is 22.8 Å². The molecule has 1 fully saturated rings. The smallest absolute Gasteiger partial charge is 0.135 e. The molecule has 126 valence electrons. The largest absolute Gasteiger partial charge is 0.364 e. The lowest BCUT2D eigenvalue weighted by Crippen LogP contribution is -2.50. The van der Waals surface area contributed by atoms with Crippen LogP contribution in [0.1, 0.15) is 6.92 Å². The quantitative estimate of drug-likeness (QED) is 0.794. The Morgan fingerprint density at radius 3 is 2.40 bits per heavy atom. The normalized spacial score (nSPS) is 17.5. The lowest BCUT2D eigenvalue weighted by Gasteiger charge is -2.36. The number of nitrogens with one attached hydrogen (secondary N) is 1. The zero-order valence-corrected chi connectivity index (χ0v) is 14.1. The highest BCUT2D eigenvalue weighted by Gasteiger charge is 2.23. The van der Waals surface area contributed by atoms with Crippen LogP contribution in [0.3, 0.4) is 0 Å². The Morgan fingerprint density at radius 2 is 1.72 bits per heavy atom. The van der Waals surface area contributed by atoms with Crippen LogP contribution >= 0.6 is 0 Å². The molecule has 0 aliphatic carbocycles. The molecular formula is C19H20N6. The Morgan fingerprint density at radius 1 is 0.960 bits per heavy atom. The van der Waals surface area contributed by atoms with E-state index in [0.29, 0.717) is 6.04 Å². The van der Waals surface area contributed by atoms with Crippen LogP contribution in [0.15, 0.2) is 54.9 Å². The van der Waals surface area contributed by atoms with Crippen molar-refractivity contribution in [2.24, 2.45) is 0 Å². The zero-order valence-electron chi connectivity index (χ0n) is 14.1. The lowest BCUT2D eigenvalue weighted by molar-refractivity contribution is 0.500. The summed E-state index contributed by atoms with van der Waals surface area (Å²) in [6.45, 7) is 5.04. The Bertz CT molecular complexity index is 837. The van der Waals surface area contributed by atoms with Crippen LogP contribution in [0.2, 0.25) is 0 Å². The van der Waals surface area contributed by atoms with E-state index in [2.05, 4.69) is 43.4 Å². The standard InChI is InChI=1S/C19H20N6/c1-14-13-20-10-11-25(14)18-12-17(15-6-2-4-8-21-15)23-24-19(18)16-7-3-5-9-22-16/h2-9,12,14,20H,10-11,13H2,1H3. The molecular weight excluding hydrogens is 312 g/mol. The third-order valence-corrected chi connectivity index (χ3v) is 4.42. The van der Waals surface area contributed by atoms with Gasteiger partial charge in [0.15, 0.2) is 0 Å². The van der Waals surface area contributed by atoms with Gasteiger partial charge in [-0.1, -0.05) is 12.1 Å². The highest BCUT2D eigenvalue weighted by Crippen LogP contribution is 2.31. The van der Waals surface area contributed by atoms with Crippen LogP contribution in [-0.2, 0) is 0 Å². The molecule has 1 N–H and O–H groups in total. The van der Waals surface area contributed by atoms with Gasteiger partial charge in [-0.05, 0) is 37.3 Å². The fourth-order valence-electron chi connectivity index (χ4n) is 3.12. The minimum atomic E-state index is 0.372. The van der Waals surface area contributed by atoms with Gasteiger partial charge >= 0.3 is 0 Å². The first-order chi connectivity index (χ1) is 12.3. The van der Waals surface area contributed by atoms with Crippen LogP contribution in [0.4, 0.5) is 5.69 Å². The lowest BCUT2D eigenvalue weighted by atomic mass is 10.1. The third kappa shape index (κ3) is 3.21. The van der Waals surface area contributed by atoms with Crippen molar-refractivity contribution in [2.75, 3.05) is 24.5 Å².